The molecule has 0 aliphatic rings. The first-order chi connectivity index (χ1) is 12.1. The fourth-order valence-corrected chi connectivity index (χ4v) is 3.74. The second-order valence-corrected chi connectivity index (χ2v) is 8.48. The Hall–Kier alpha value is -2.38. The molecule has 1 amide bonds. The summed E-state index contributed by atoms with van der Waals surface area (Å²) in [5.41, 5.74) is 3.16. The maximum Gasteiger partial charge on any atom is 0.255 e. The Kier molecular flexibility index (Phi) is 5.73. The molecule has 2 aromatic rings. The van der Waals surface area contributed by atoms with E-state index in [4.69, 9.17) is 4.74 Å². The Balaban J connectivity index is 2.47. The summed E-state index contributed by atoms with van der Waals surface area (Å²) in [4.78, 5) is 12.8. The largest absolute Gasteiger partial charge is 0.495 e. The summed E-state index contributed by atoms with van der Waals surface area (Å²) in [5.74, 6) is 0.147. The minimum absolute atomic E-state index is 0.128. The normalized spacial score (nSPS) is 11.5. The Labute approximate surface area is 154 Å². The van der Waals surface area contributed by atoms with Crippen LogP contribution in [0.25, 0.3) is 0 Å². The van der Waals surface area contributed by atoms with Gasteiger partial charge in [0.05, 0.1) is 17.7 Å². The first-order valence-corrected chi connectivity index (χ1v) is 9.51. The summed E-state index contributed by atoms with van der Waals surface area (Å²) < 4.78 is 31.5. The van der Waals surface area contributed by atoms with Crippen molar-refractivity contribution in [2.75, 3.05) is 26.5 Å². The van der Waals surface area contributed by atoms with E-state index < -0.39 is 15.9 Å². The maximum atomic E-state index is 12.7. The van der Waals surface area contributed by atoms with Crippen LogP contribution in [-0.4, -0.2) is 39.8 Å². The van der Waals surface area contributed by atoms with Gasteiger partial charge in [0, 0.05) is 19.7 Å². The van der Waals surface area contributed by atoms with Crippen LogP contribution < -0.4 is 10.1 Å². The average Bonchev–Trinajstić information content (AvgIpc) is 2.58. The molecule has 0 radical (unpaired) electrons. The summed E-state index contributed by atoms with van der Waals surface area (Å²) >= 11 is 0. The van der Waals surface area contributed by atoms with Crippen molar-refractivity contribution >= 4 is 21.6 Å². The topological polar surface area (TPSA) is 75.7 Å². The fourth-order valence-electron chi connectivity index (χ4n) is 2.52. The van der Waals surface area contributed by atoms with Gasteiger partial charge in [-0.3, -0.25) is 4.79 Å². The van der Waals surface area contributed by atoms with Crippen LogP contribution in [0.4, 0.5) is 5.69 Å². The quantitative estimate of drug-likeness (QED) is 0.870. The molecule has 2 aromatic carbocycles. The Morgan fingerprint density at radius 3 is 2.31 bits per heavy atom. The van der Waals surface area contributed by atoms with Crippen molar-refractivity contribution < 1.29 is 17.9 Å². The highest BCUT2D eigenvalue weighted by Crippen LogP contribution is 2.27. The van der Waals surface area contributed by atoms with Crippen molar-refractivity contribution in [1.29, 1.82) is 0 Å². The van der Waals surface area contributed by atoms with Crippen molar-refractivity contribution in [1.82, 2.24) is 4.31 Å². The third-order valence-corrected chi connectivity index (χ3v) is 6.19. The van der Waals surface area contributed by atoms with E-state index in [0.717, 1.165) is 15.4 Å². The second-order valence-electron chi connectivity index (χ2n) is 6.36. The molecule has 0 aromatic heterocycles. The highest BCUT2D eigenvalue weighted by molar-refractivity contribution is 7.89. The SMILES string of the molecule is COc1cc(C)ccc1NC(=O)c1cc(C)c(C)c(S(=O)(=O)N(C)C)c1. The standard InChI is InChI=1S/C19H24N2O4S/c1-12-7-8-16(17(9-12)25-6)20-19(22)15-10-13(2)14(3)18(11-15)26(23,24)21(4)5/h7-11H,1-6H3,(H,20,22). The predicted octanol–water partition coefficient (Wildman–Crippen LogP) is 3.12. The number of methoxy groups -OCH3 is 1. The maximum absolute atomic E-state index is 12.7. The molecule has 0 saturated carbocycles. The van der Waals surface area contributed by atoms with Crippen molar-refractivity contribution in [3.05, 3.63) is 52.6 Å². The molecule has 0 aliphatic heterocycles. The molecule has 140 valence electrons. The van der Waals surface area contributed by atoms with E-state index in [9.17, 15) is 13.2 Å². The Morgan fingerprint density at radius 1 is 1.08 bits per heavy atom. The molecule has 2 rings (SSSR count). The minimum Gasteiger partial charge on any atom is -0.495 e. The monoisotopic (exact) mass is 376 g/mol. The minimum atomic E-state index is -3.65. The Bertz CT molecular complexity index is 950. The van der Waals surface area contributed by atoms with Crippen molar-refractivity contribution in [2.45, 2.75) is 25.7 Å². The van der Waals surface area contributed by atoms with E-state index in [0.29, 0.717) is 17.0 Å². The molecule has 0 saturated heterocycles. The van der Waals surface area contributed by atoms with E-state index >= 15 is 0 Å². The number of rotatable bonds is 5. The number of hydrogen-bond acceptors (Lipinski definition) is 4. The lowest BCUT2D eigenvalue weighted by Crippen LogP contribution is -2.24. The molecule has 0 fully saturated rings. The number of carbonyl (C=O) groups excluding carboxylic acids is 1. The molecular formula is C19H24N2O4S. The van der Waals surface area contributed by atoms with Crippen LogP contribution in [0.15, 0.2) is 35.2 Å². The Morgan fingerprint density at radius 2 is 1.73 bits per heavy atom. The van der Waals surface area contributed by atoms with Gasteiger partial charge in [-0.05, 0) is 61.7 Å². The van der Waals surface area contributed by atoms with Crippen molar-refractivity contribution in [3.63, 3.8) is 0 Å². The van der Waals surface area contributed by atoms with Crippen LogP contribution in [0.1, 0.15) is 27.0 Å². The van der Waals surface area contributed by atoms with E-state index in [1.165, 1.54) is 27.3 Å². The van der Waals surface area contributed by atoms with Gasteiger partial charge in [-0.25, -0.2) is 12.7 Å². The van der Waals surface area contributed by atoms with Gasteiger partial charge in [0.1, 0.15) is 5.75 Å². The van der Waals surface area contributed by atoms with Crippen LogP contribution >= 0.6 is 0 Å². The summed E-state index contributed by atoms with van der Waals surface area (Å²) in [6.07, 6.45) is 0. The van der Waals surface area contributed by atoms with Crippen LogP contribution in [0.2, 0.25) is 0 Å². The van der Waals surface area contributed by atoms with E-state index in [2.05, 4.69) is 5.32 Å². The zero-order chi connectivity index (χ0) is 19.6. The molecule has 7 heteroatoms. The van der Waals surface area contributed by atoms with Gasteiger partial charge < -0.3 is 10.1 Å². The van der Waals surface area contributed by atoms with Crippen molar-refractivity contribution in [3.8, 4) is 5.75 Å². The van der Waals surface area contributed by atoms with Gasteiger partial charge in [0.2, 0.25) is 10.0 Å². The second kappa shape index (κ2) is 7.47. The zero-order valence-corrected chi connectivity index (χ0v) is 16.7. The summed E-state index contributed by atoms with van der Waals surface area (Å²) in [6, 6.07) is 8.52. The van der Waals surface area contributed by atoms with E-state index in [1.807, 2.05) is 19.1 Å². The first-order valence-electron chi connectivity index (χ1n) is 8.07. The lowest BCUT2D eigenvalue weighted by molar-refractivity contribution is 0.102. The number of sulfonamides is 1. The molecule has 26 heavy (non-hydrogen) atoms. The molecule has 0 aliphatic carbocycles. The van der Waals surface area contributed by atoms with Crippen molar-refractivity contribution in [2.24, 2.45) is 0 Å². The number of amides is 1. The summed E-state index contributed by atoms with van der Waals surface area (Å²) in [6.45, 7) is 5.44. The van der Waals surface area contributed by atoms with E-state index in [1.54, 1.807) is 26.0 Å². The number of nitrogens with zero attached hydrogens (tertiary/aromatic N) is 1. The number of nitrogens with one attached hydrogen (secondary N) is 1. The highest BCUT2D eigenvalue weighted by atomic mass is 32.2. The summed E-state index contributed by atoms with van der Waals surface area (Å²) in [7, 11) is 0.814. The van der Waals surface area contributed by atoms with Gasteiger partial charge in [-0.1, -0.05) is 6.07 Å². The van der Waals surface area contributed by atoms with E-state index in [-0.39, 0.29) is 10.5 Å². The molecule has 0 atom stereocenters. The third kappa shape index (κ3) is 3.89. The smallest absolute Gasteiger partial charge is 0.255 e. The lowest BCUT2D eigenvalue weighted by atomic mass is 10.1. The molecule has 0 bridgehead atoms. The fraction of sp³-hybridized carbons (Fsp3) is 0.316. The van der Waals surface area contributed by atoms with Crippen LogP contribution in [0.5, 0.6) is 5.75 Å². The highest BCUT2D eigenvalue weighted by Gasteiger charge is 2.23. The van der Waals surface area contributed by atoms with Gasteiger partial charge in [-0.15, -0.1) is 0 Å². The number of aryl methyl sites for hydroxylation is 2. The number of hydrogen-bond donors (Lipinski definition) is 1. The zero-order valence-electron chi connectivity index (χ0n) is 15.9. The first kappa shape index (κ1) is 19.9. The number of ether oxygens (including phenoxy) is 1. The van der Waals surface area contributed by atoms with Crippen LogP contribution in [0, 0.1) is 20.8 Å². The predicted molar refractivity (Wildman–Crippen MR) is 102 cm³/mol. The lowest BCUT2D eigenvalue weighted by Gasteiger charge is -2.17. The van der Waals surface area contributed by atoms with Gasteiger partial charge >= 0.3 is 0 Å². The molecule has 0 spiro atoms. The number of carbonyl (C=O) groups is 1. The third-order valence-electron chi connectivity index (χ3n) is 4.25. The number of benzene rings is 2. The van der Waals surface area contributed by atoms with Gasteiger partial charge in [-0.2, -0.15) is 0 Å². The molecule has 0 heterocycles. The van der Waals surface area contributed by atoms with Crippen LogP contribution in [0.3, 0.4) is 0 Å². The van der Waals surface area contributed by atoms with Crippen LogP contribution in [-0.2, 0) is 10.0 Å². The van der Waals surface area contributed by atoms with Gasteiger partial charge in [0.15, 0.2) is 0 Å². The molecule has 6 nitrogen and oxygen atoms in total. The average molecular weight is 376 g/mol. The number of anilines is 1. The molecule has 0 unspecified atom stereocenters. The van der Waals surface area contributed by atoms with Gasteiger partial charge in [0.25, 0.3) is 5.91 Å². The summed E-state index contributed by atoms with van der Waals surface area (Å²) in [5, 5.41) is 2.79. The molecule has 1 N–H and O–H groups in total. The molecular weight excluding hydrogens is 352 g/mol.